The molecule has 1 amide bonds. The lowest BCUT2D eigenvalue weighted by Gasteiger charge is -2.37. The van der Waals surface area contributed by atoms with E-state index in [0.717, 1.165) is 0 Å². The van der Waals surface area contributed by atoms with E-state index in [1.807, 2.05) is 0 Å². The van der Waals surface area contributed by atoms with Gasteiger partial charge >= 0.3 is 0 Å². The molecular weight excluding hydrogens is 248 g/mol. The van der Waals surface area contributed by atoms with E-state index in [4.69, 9.17) is 0 Å². The van der Waals surface area contributed by atoms with Crippen molar-refractivity contribution in [1.82, 2.24) is 10.2 Å². The van der Waals surface area contributed by atoms with Gasteiger partial charge < -0.3 is 4.90 Å². The number of carbonyl (C=O) groups is 1. The van der Waals surface area contributed by atoms with E-state index in [9.17, 15) is 4.79 Å². The van der Waals surface area contributed by atoms with Crippen molar-refractivity contribution in [2.24, 2.45) is 11.8 Å². The van der Waals surface area contributed by atoms with Gasteiger partial charge in [-0.2, -0.15) is 0 Å². The summed E-state index contributed by atoms with van der Waals surface area (Å²) >= 11 is 0. The Bertz CT molecular complexity index is 343. The van der Waals surface area contributed by atoms with Crippen LogP contribution in [-0.4, -0.2) is 29.1 Å². The number of nitrogens with one attached hydrogen (secondary N) is 1. The molecule has 3 fully saturated rings. The summed E-state index contributed by atoms with van der Waals surface area (Å²) in [4.78, 5) is 15.2. The van der Waals surface area contributed by atoms with Gasteiger partial charge in [-0.15, -0.1) is 0 Å². The van der Waals surface area contributed by atoms with Crippen LogP contribution in [-0.2, 0) is 4.79 Å². The van der Waals surface area contributed by atoms with Gasteiger partial charge in [-0.1, -0.05) is 46.0 Å². The predicted molar refractivity (Wildman–Crippen MR) is 81.2 cm³/mol. The first kappa shape index (κ1) is 14.4. The molecule has 2 saturated carbocycles. The molecule has 2 atom stereocenters. The third kappa shape index (κ3) is 2.61. The molecule has 0 aromatic carbocycles. The van der Waals surface area contributed by atoms with Crippen LogP contribution in [0.4, 0.5) is 0 Å². The molecule has 1 aliphatic heterocycles. The SMILES string of the molecule is CC(C)C1NC(C2CCCC2)N(C2CCCCC2)C1=O. The van der Waals surface area contributed by atoms with E-state index < -0.39 is 0 Å². The van der Waals surface area contributed by atoms with Crippen molar-refractivity contribution >= 4 is 5.91 Å². The van der Waals surface area contributed by atoms with Gasteiger partial charge in [-0.3, -0.25) is 10.1 Å². The van der Waals surface area contributed by atoms with Crippen molar-refractivity contribution in [2.75, 3.05) is 0 Å². The van der Waals surface area contributed by atoms with Crippen molar-refractivity contribution in [3.05, 3.63) is 0 Å². The first-order valence-corrected chi connectivity index (χ1v) is 8.76. The zero-order valence-electron chi connectivity index (χ0n) is 13.1. The highest BCUT2D eigenvalue weighted by Crippen LogP contribution is 2.36. The van der Waals surface area contributed by atoms with E-state index in [0.29, 0.717) is 30.0 Å². The van der Waals surface area contributed by atoms with Crippen molar-refractivity contribution < 1.29 is 4.79 Å². The summed E-state index contributed by atoms with van der Waals surface area (Å²) in [7, 11) is 0. The average molecular weight is 278 g/mol. The van der Waals surface area contributed by atoms with Gasteiger partial charge in [0.25, 0.3) is 0 Å². The lowest BCUT2D eigenvalue weighted by Crippen LogP contribution is -2.48. The zero-order valence-corrected chi connectivity index (χ0v) is 13.1. The van der Waals surface area contributed by atoms with Crippen LogP contribution in [0.5, 0.6) is 0 Å². The Kier molecular flexibility index (Phi) is 4.34. The molecule has 1 heterocycles. The van der Waals surface area contributed by atoms with Gasteiger partial charge in [0.1, 0.15) is 0 Å². The Morgan fingerprint density at radius 1 is 1.00 bits per heavy atom. The molecule has 0 aromatic rings. The lowest BCUT2D eigenvalue weighted by atomic mass is 9.92. The maximum absolute atomic E-state index is 12.9. The normalized spacial score (nSPS) is 33.5. The van der Waals surface area contributed by atoms with Gasteiger partial charge in [0.2, 0.25) is 5.91 Å². The van der Waals surface area contributed by atoms with E-state index in [2.05, 4.69) is 24.1 Å². The van der Waals surface area contributed by atoms with Crippen molar-refractivity contribution in [1.29, 1.82) is 0 Å². The number of rotatable bonds is 3. The molecule has 2 unspecified atom stereocenters. The van der Waals surface area contributed by atoms with Crippen LogP contribution in [0.1, 0.15) is 71.6 Å². The fourth-order valence-corrected chi connectivity index (χ4v) is 4.51. The van der Waals surface area contributed by atoms with Gasteiger partial charge in [-0.05, 0) is 37.5 Å². The van der Waals surface area contributed by atoms with Gasteiger partial charge in [-0.25, -0.2) is 0 Å². The number of hydrogen-bond donors (Lipinski definition) is 1. The molecule has 3 nitrogen and oxygen atoms in total. The summed E-state index contributed by atoms with van der Waals surface area (Å²) in [6.45, 7) is 4.34. The minimum Gasteiger partial charge on any atom is -0.323 e. The Balaban J connectivity index is 1.79. The summed E-state index contributed by atoms with van der Waals surface area (Å²) in [5, 5.41) is 3.71. The third-order valence-electron chi connectivity index (χ3n) is 5.65. The van der Waals surface area contributed by atoms with E-state index >= 15 is 0 Å². The van der Waals surface area contributed by atoms with Gasteiger partial charge in [0.05, 0.1) is 12.2 Å². The molecule has 3 heteroatoms. The van der Waals surface area contributed by atoms with Crippen LogP contribution in [0.2, 0.25) is 0 Å². The Morgan fingerprint density at radius 3 is 2.20 bits per heavy atom. The fraction of sp³-hybridized carbons (Fsp3) is 0.941. The third-order valence-corrected chi connectivity index (χ3v) is 5.65. The van der Waals surface area contributed by atoms with Crippen molar-refractivity contribution in [3.63, 3.8) is 0 Å². The summed E-state index contributed by atoms with van der Waals surface area (Å²) in [5.74, 6) is 1.49. The highest BCUT2D eigenvalue weighted by molar-refractivity contribution is 5.85. The molecule has 0 aromatic heterocycles. The van der Waals surface area contributed by atoms with Crippen molar-refractivity contribution in [2.45, 2.75) is 89.9 Å². The highest BCUT2D eigenvalue weighted by Gasteiger charge is 2.46. The van der Waals surface area contributed by atoms with Crippen LogP contribution < -0.4 is 5.32 Å². The Hall–Kier alpha value is -0.570. The monoisotopic (exact) mass is 278 g/mol. The summed E-state index contributed by atoms with van der Waals surface area (Å²) in [6.07, 6.45) is 12.1. The molecule has 2 aliphatic carbocycles. The lowest BCUT2D eigenvalue weighted by molar-refractivity contribution is -0.134. The maximum Gasteiger partial charge on any atom is 0.241 e. The largest absolute Gasteiger partial charge is 0.323 e. The first-order valence-electron chi connectivity index (χ1n) is 8.76. The maximum atomic E-state index is 12.9. The molecular formula is C17H30N2O. The number of carbonyl (C=O) groups excluding carboxylic acids is 1. The summed E-state index contributed by atoms with van der Waals surface area (Å²) in [5.41, 5.74) is 0. The minimum atomic E-state index is 0.0579. The second kappa shape index (κ2) is 6.05. The molecule has 0 radical (unpaired) electrons. The average Bonchev–Trinajstić information content (AvgIpc) is 3.06. The van der Waals surface area contributed by atoms with Crippen LogP contribution in [0.15, 0.2) is 0 Å². The van der Waals surface area contributed by atoms with Gasteiger partial charge in [0, 0.05) is 6.04 Å². The standard InChI is InChI=1S/C17H30N2O/c1-12(2)15-17(20)19(14-10-4-3-5-11-14)16(18-15)13-8-6-7-9-13/h12-16,18H,3-11H2,1-2H3. The molecule has 3 rings (SSSR count). The molecule has 114 valence electrons. The second-order valence-electron chi connectivity index (χ2n) is 7.42. The van der Waals surface area contributed by atoms with E-state index in [1.165, 1.54) is 57.8 Å². The predicted octanol–water partition coefficient (Wildman–Crippen LogP) is 3.29. The molecule has 0 spiro atoms. The van der Waals surface area contributed by atoms with E-state index in [-0.39, 0.29) is 6.04 Å². The smallest absolute Gasteiger partial charge is 0.241 e. The number of hydrogen-bond acceptors (Lipinski definition) is 2. The minimum absolute atomic E-state index is 0.0579. The van der Waals surface area contributed by atoms with E-state index in [1.54, 1.807) is 0 Å². The summed E-state index contributed by atoms with van der Waals surface area (Å²) in [6, 6.07) is 0.570. The second-order valence-corrected chi connectivity index (χ2v) is 7.42. The number of amides is 1. The molecule has 20 heavy (non-hydrogen) atoms. The zero-order chi connectivity index (χ0) is 14.1. The van der Waals surface area contributed by atoms with Crippen LogP contribution in [0.3, 0.4) is 0 Å². The van der Waals surface area contributed by atoms with Crippen LogP contribution in [0.25, 0.3) is 0 Å². The summed E-state index contributed by atoms with van der Waals surface area (Å²) < 4.78 is 0. The molecule has 0 bridgehead atoms. The Labute approximate surface area is 123 Å². The van der Waals surface area contributed by atoms with Crippen LogP contribution in [0, 0.1) is 11.8 Å². The Morgan fingerprint density at radius 2 is 1.60 bits per heavy atom. The first-order chi connectivity index (χ1) is 9.68. The number of nitrogens with zero attached hydrogens (tertiary/aromatic N) is 1. The molecule has 1 saturated heterocycles. The van der Waals surface area contributed by atoms with Crippen LogP contribution >= 0.6 is 0 Å². The van der Waals surface area contributed by atoms with Gasteiger partial charge in [0.15, 0.2) is 0 Å². The molecule has 1 N–H and O–H groups in total. The molecule has 3 aliphatic rings. The quantitative estimate of drug-likeness (QED) is 0.859. The fourth-order valence-electron chi connectivity index (χ4n) is 4.51. The highest BCUT2D eigenvalue weighted by atomic mass is 16.2. The topological polar surface area (TPSA) is 32.3 Å². The van der Waals surface area contributed by atoms with Crippen molar-refractivity contribution in [3.8, 4) is 0 Å².